The van der Waals surface area contributed by atoms with Crippen molar-refractivity contribution < 1.29 is 37.9 Å². The Kier molecular flexibility index (Phi) is 12.5. The van der Waals surface area contributed by atoms with Gasteiger partial charge in [0.05, 0.1) is 56.9 Å². The van der Waals surface area contributed by atoms with E-state index in [9.17, 15) is 0 Å². The summed E-state index contributed by atoms with van der Waals surface area (Å²) in [6.07, 6.45) is 0. The maximum Gasteiger partial charge on any atom is 0.131 e. The van der Waals surface area contributed by atoms with Crippen molar-refractivity contribution in [2.45, 2.75) is 0 Å². The van der Waals surface area contributed by atoms with E-state index < -0.39 is 15.8 Å². The van der Waals surface area contributed by atoms with Gasteiger partial charge >= 0.3 is 0 Å². The van der Waals surface area contributed by atoms with Gasteiger partial charge in [0.2, 0.25) is 0 Å². The zero-order valence-electron chi connectivity index (χ0n) is 31.7. The van der Waals surface area contributed by atoms with Crippen molar-refractivity contribution in [1.82, 2.24) is 0 Å². The Morgan fingerprint density at radius 1 is 0.278 bits per heavy atom. The summed E-state index contributed by atoms with van der Waals surface area (Å²) in [7, 11) is 11.0. The molecule has 0 atom stereocenters. The summed E-state index contributed by atoms with van der Waals surface area (Å²) in [4.78, 5) is 0. The average molecular weight is 763 g/mol. The molecule has 6 aromatic rings. The molecule has 6 aromatic carbocycles. The van der Waals surface area contributed by atoms with Crippen LogP contribution in [0.5, 0.6) is 46.0 Å². The molecule has 0 radical (unpaired) electrons. The molecular formula is C44H44O8P2. The second-order valence-corrected chi connectivity index (χ2v) is 16.3. The van der Waals surface area contributed by atoms with Gasteiger partial charge in [0, 0.05) is 33.9 Å². The Balaban J connectivity index is 1.74. The number of rotatable bonds is 15. The van der Waals surface area contributed by atoms with Crippen LogP contribution in [0.4, 0.5) is 0 Å². The monoisotopic (exact) mass is 762 g/mol. The van der Waals surface area contributed by atoms with Crippen molar-refractivity contribution in [3.05, 3.63) is 121 Å². The molecule has 0 saturated heterocycles. The van der Waals surface area contributed by atoms with Crippen LogP contribution in [0.3, 0.4) is 0 Å². The van der Waals surface area contributed by atoms with Crippen LogP contribution in [-0.2, 0) is 0 Å². The first-order valence-electron chi connectivity index (χ1n) is 17.1. The van der Waals surface area contributed by atoms with Gasteiger partial charge in [-0.1, -0.05) is 48.5 Å². The van der Waals surface area contributed by atoms with Crippen LogP contribution in [0.1, 0.15) is 0 Å². The minimum absolute atomic E-state index is 0.642. The highest BCUT2D eigenvalue weighted by Gasteiger charge is 2.32. The van der Waals surface area contributed by atoms with Crippen molar-refractivity contribution in [2.24, 2.45) is 0 Å². The third-order valence-corrected chi connectivity index (χ3v) is 14.0. The summed E-state index contributed by atoms with van der Waals surface area (Å²) in [6, 6.07) is 41.1. The fourth-order valence-electron chi connectivity index (χ4n) is 6.34. The Labute approximate surface area is 320 Å². The summed E-state index contributed by atoms with van der Waals surface area (Å²) in [5.74, 6) is 5.71. The van der Waals surface area contributed by atoms with Gasteiger partial charge in [-0.3, -0.25) is 0 Å². The molecule has 0 spiro atoms. The van der Waals surface area contributed by atoms with Gasteiger partial charge in [-0.15, -0.1) is 0 Å². The lowest BCUT2D eigenvalue weighted by atomic mass is 10.0. The van der Waals surface area contributed by atoms with E-state index in [1.807, 2.05) is 60.7 Å². The maximum absolute atomic E-state index is 6.32. The molecule has 0 N–H and O–H groups in total. The minimum Gasteiger partial charge on any atom is -0.497 e. The quantitative estimate of drug-likeness (QED) is 0.104. The summed E-state index contributed by atoms with van der Waals surface area (Å²) in [6.45, 7) is 0. The summed E-state index contributed by atoms with van der Waals surface area (Å²) < 4.78 is 46.8. The Morgan fingerprint density at radius 3 is 0.722 bits per heavy atom. The predicted molar refractivity (Wildman–Crippen MR) is 222 cm³/mol. The molecule has 0 amide bonds. The highest BCUT2D eigenvalue weighted by Crippen LogP contribution is 2.49. The van der Waals surface area contributed by atoms with Gasteiger partial charge in [0.1, 0.15) is 46.0 Å². The lowest BCUT2D eigenvalue weighted by molar-refractivity contribution is 0.392. The van der Waals surface area contributed by atoms with Crippen molar-refractivity contribution in [3.8, 4) is 57.1 Å². The molecule has 0 saturated carbocycles. The second-order valence-electron chi connectivity index (χ2n) is 11.9. The molecule has 0 aliphatic heterocycles. The molecule has 8 nitrogen and oxygen atoms in total. The summed E-state index contributed by atoms with van der Waals surface area (Å²) in [5, 5.41) is 6.45. The lowest BCUT2D eigenvalue weighted by Crippen LogP contribution is -2.27. The van der Waals surface area contributed by atoms with Crippen LogP contribution in [0.15, 0.2) is 121 Å². The fourth-order valence-corrected chi connectivity index (χ4v) is 11.2. The first kappa shape index (κ1) is 38.3. The van der Waals surface area contributed by atoms with E-state index in [0.29, 0.717) is 23.0 Å². The topological polar surface area (TPSA) is 73.8 Å². The highest BCUT2D eigenvalue weighted by atomic mass is 31.1. The van der Waals surface area contributed by atoms with Crippen LogP contribution in [0, 0.1) is 0 Å². The van der Waals surface area contributed by atoms with Crippen LogP contribution < -0.4 is 69.7 Å². The van der Waals surface area contributed by atoms with E-state index in [-0.39, 0.29) is 0 Å². The molecule has 0 bridgehead atoms. The zero-order valence-corrected chi connectivity index (χ0v) is 33.5. The van der Waals surface area contributed by atoms with E-state index in [1.165, 1.54) is 0 Å². The third kappa shape index (κ3) is 7.91. The molecule has 54 heavy (non-hydrogen) atoms. The van der Waals surface area contributed by atoms with Crippen molar-refractivity contribution in [1.29, 1.82) is 0 Å². The number of ether oxygens (including phenoxy) is 8. The number of benzene rings is 6. The zero-order chi connectivity index (χ0) is 38.2. The fraction of sp³-hybridized carbons (Fsp3) is 0.182. The van der Waals surface area contributed by atoms with Gasteiger partial charge in [0.15, 0.2) is 0 Å². The maximum atomic E-state index is 6.32. The normalized spacial score (nSPS) is 10.9. The largest absolute Gasteiger partial charge is 0.497 e. The van der Waals surface area contributed by atoms with E-state index in [2.05, 4.69) is 60.7 Å². The predicted octanol–water partition coefficient (Wildman–Crippen LogP) is 6.94. The van der Waals surface area contributed by atoms with Gasteiger partial charge in [-0.05, 0) is 97.7 Å². The minimum atomic E-state index is -1.23. The van der Waals surface area contributed by atoms with E-state index in [4.69, 9.17) is 37.9 Å². The smallest absolute Gasteiger partial charge is 0.131 e. The molecule has 0 aliphatic rings. The molecule has 0 heterocycles. The van der Waals surface area contributed by atoms with E-state index in [1.54, 1.807) is 56.9 Å². The Bertz CT molecular complexity index is 1900. The number of methoxy groups -OCH3 is 8. The molecule has 0 fully saturated rings. The molecule has 278 valence electrons. The van der Waals surface area contributed by atoms with Crippen molar-refractivity contribution in [3.63, 3.8) is 0 Å². The molecular weight excluding hydrogens is 718 g/mol. The average Bonchev–Trinajstić information content (AvgIpc) is 3.24. The van der Waals surface area contributed by atoms with Gasteiger partial charge in [-0.2, -0.15) is 0 Å². The van der Waals surface area contributed by atoms with Crippen molar-refractivity contribution >= 4 is 47.7 Å². The van der Waals surface area contributed by atoms with Crippen molar-refractivity contribution in [2.75, 3.05) is 56.9 Å². The molecule has 6 rings (SSSR count). The summed E-state index contributed by atoms with van der Waals surface area (Å²) in [5.41, 5.74) is 1.78. The first-order valence-corrected chi connectivity index (χ1v) is 19.8. The van der Waals surface area contributed by atoms with Crippen LogP contribution in [-0.4, -0.2) is 56.9 Å². The highest BCUT2D eigenvalue weighted by molar-refractivity contribution is 7.80. The molecule has 0 aliphatic carbocycles. The van der Waals surface area contributed by atoms with Gasteiger partial charge < -0.3 is 37.9 Å². The van der Waals surface area contributed by atoms with Crippen LogP contribution >= 0.6 is 15.8 Å². The van der Waals surface area contributed by atoms with E-state index in [0.717, 1.165) is 66.0 Å². The van der Waals surface area contributed by atoms with Crippen LogP contribution in [0.2, 0.25) is 0 Å². The first-order chi connectivity index (χ1) is 26.4. The van der Waals surface area contributed by atoms with Crippen LogP contribution in [0.25, 0.3) is 11.1 Å². The third-order valence-electron chi connectivity index (χ3n) is 9.08. The second kappa shape index (κ2) is 17.6. The number of hydrogen-bond donors (Lipinski definition) is 0. The Hall–Kier alpha value is -5.42. The molecule has 10 heteroatoms. The van der Waals surface area contributed by atoms with E-state index >= 15 is 0 Å². The Morgan fingerprint density at radius 2 is 0.519 bits per heavy atom. The van der Waals surface area contributed by atoms with Gasteiger partial charge in [-0.25, -0.2) is 0 Å². The lowest BCUT2D eigenvalue weighted by Gasteiger charge is -2.29. The standard InChI is InChI=1S/C44H44O8P2/c1-45-29-9-17-35(18-10-29)53(36-19-11-30(46-2)12-20-36)41-27-33(49-5)25-39(51-7)43(41)44-40(52-8)26-34(50-6)28-42(44)54(37-21-13-31(47-3)14-22-37)38-23-15-32(48-4)16-24-38/h9-28H,1-8H3. The SMILES string of the molecule is COc1ccc(P(c2ccc(OC)cc2)c2cc(OC)cc(OC)c2-c2c(OC)cc(OC)cc2P(c2ccc(OC)cc2)c2ccc(OC)cc2)cc1. The molecule has 0 unspecified atom stereocenters. The van der Waals surface area contributed by atoms with Gasteiger partial charge in [0.25, 0.3) is 0 Å². The summed E-state index contributed by atoms with van der Waals surface area (Å²) >= 11 is 0. The molecule has 0 aromatic heterocycles. The number of hydrogen-bond acceptors (Lipinski definition) is 8.